The quantitative estimate of drug-likeness (QED) is 0.878. The number of likely N-dealkylation sites (N-methyl/N-ethyl adjacent to an activating group) is 1. The molecule has 0 amide bonds. The standard InChI is InChI=1S/C20H26N2O/c1-21-13-18(17-7-4-10-22-14-17)11-15-5-3-6-16-12-19(23-2)8-9-20(15)16/h4,7-10,12,14-15,18,21H,3,5-6,11,13H2,1-2H3. The van der Waals surface area contributed by atoms with E-state index in [1.54, 1.807) is 7.11 Å². The molecule has 1 aliphatic carbocycles. The van der Waals surface area contributed by atoms with Gasteiger partial charge in [0.15, 0.2) is 0 Å². The van der Waals surface area contributed by atoms with Gasteiger partial charge in [0, 0.05) is 18.9 Å². The Kier molecular flexibility index (Phi) is 5.29. The highest BCUT2D eigenvalue weighted by molar-refractivity contribution is 5.39. The van der Waals surface area contributed by atoms with Crippen LogP contribution in [0.4, 0.5) is 0 Å². The summed E-state index contributed by atoms with van der Waals surface area (Å²) < 4.78 is 5.39. The molecule has 2 unspecified atom stereocenters. The van der Waals surface area contributed by atoms with Crippen molar-refractivity contribution in [1.82, 2.24) is 10.3 Å². The highest BCUT2D eigenvalue weighted by Crippen LogP contribution is 2.39. The Morgan fingerprint density at radius 2 is 2.26 bits per heavy atom. The van der Waals surface area contributed by atoms with Gasteiger partial charge in [0.1, 0.15) is 5.75 Å². The Hall–Kier alpha value is -1.87. The van der Waals surface area contributed by atoms with Gasteiger partial charge in [-0.1, -0.05) is 12.1 Å². The first-order valence-electron chi connectivity index (χ1n) is 8.53. The molecular weight excluding hydrogens is 284 g/mol. The molecule has 3 heteroatoms. The molecule has 3 rings (SSSR count). The minimum Gasteiger partial charge on any atom is -0.497 e. The van der Waals surface area contributed by atoms with Gasteiger partial charge in [-0.3, -0.25) is 4.98 Å². The average molecular weight is 310 g/mol. The molecule has 3 nitrogen and oxygen atoms in total. The van der Waals surface area contributed by atoms with Crippen molar-refractivity contribution in [2.45, 2.75) is 37.5 Å². The Labute approximate surface area is 139 Å². The minimum atomic E-state index is 0.506. The number of rotatable bonds is 6. The van der Waals surface area contributed by atoms with Gasteiger partial charge in [-0.2, -0.15) is 0 Å². The van der Waals surface area contributed by atoms with E-state index in [0.29, 0.717) is 11.8 Å². The fourth-order valence-corrected chi connectivity index (χ4v) is 3.81. The maximum atomic E-state index is 5.39. The zero-order valence-electron chi connectivity index (χ0n) is 14.1. The van der Waals surface area contributed by atoms with Crippen LogP contribution in [0.25, 0.3) is 0 Å². The number of hydrogen-bond acceptors (Lipinski definition) is 3. The van der Waals surface area contributed by atoms with Crippen molar-refractivity contribution in [3.8, 4) is 5.75 Å². The van der Waals surface area contributed by atoms with Crippen molar-refractivity contribution in [3.63, 3.8) is 0 Å². The number of fused-ring (bicyclic) bond motifs is 1. The Morgan fingerprint density at radius 3 is 3.00 bits per heavy atom. The molecule has 2 aromatic rings. The van der Waals surface area contributed by atoms with Crippen LogP contribution < -0.4 is 10.1 Å². The first-order valence-corrected chi connectivity index (χ1v) is 8.53. The number of pyridine rings is 1. The van der Waals surface area contributed by atoms with E-state index in [4.69, 9.17) is 4.74 Å². The minimum absolute atomic E-state index is 0.506. The zero-order chi connectivity index (χ0) is 16.1. The van der Waals surface area contributed by atoms with Crippen molar-refractivity contribution < 1.29 is 4.74 Å². The van der Waals surface area contributed by atoms with Gasteiger partial charge >= 0.3 is 0 Å². The molecule has 0 saturated carbocycles. The van der Waals surface area contributed by atoms with E-state index in [2.05, 4.69) is 34.6 Å². The number of nitrogens with zero attached hydrogens (tertiary/aromatic N) is 1. The largest absolute Gasteiger partial charge is 0.497 e. The highest BCUT2D eigenvalue weighted by atomic mass is 16.5. The monoisotopic (exact) mass is 310 g/mol. The Bertz CT molecular complexity index is 627. The van der Waals surface area contributed by atoms with Crippen LogP contribution in [0.1, 0.15) is 47.8 Å². The normalized spacial score (nSPS) is 18.3. The molecule has 1 aliphatic rings. The lowest BCUT2D eigenvalue weighted by Gasteiger charge is -2.29. The molecule has 0 spiro atoms. The van der Waals surface area contributed by atoms with Gasteiger partial charge in [-0.25, -0.2) is 0 Å². The molecular formula is C20H26N2O. The van der Waals surface area contributed by atoms with E-state index in [1.165, 1.54) is 42.4 Å². The van der Waals surface area contributed by atoms with Gasteiger partial charge in [0.05, 0.1) is 7.11 Å². The van der Waals surface area contributed by atoms with E-state index < -0.39 is 0 Å². The maximum absolute atomic E-state index is 5.39. The Morgan fingerprint density at radius 1 is 1.35 bits per heavy atom. The molecule has 0 saturated heterocycles. The number of ether oxygens (including phenoxy) is 1. The second kappa shape index (κ2) is 7.60. The number of nitrogens with one attached hydrogen (secondary N) is 1. The summed E-state index contributed by atoms with van der Waals surface area (Å²) in [6, 6.07) is 10.8. The summed E-state index contributed by atoms with van der Waals surface area (Å²) in [6.07, 6.45) is 8.75. The summed E-state index contributed by atoms with van der Waals surface area (Å²) in [5, 5.41) is 3.35. The first-order chi connectivity index (χ1) is 11.3. The molecule has 1 heterocycles. The summed E-state index contributed by atoms with van der Waals surface area (Å²) in [6.45, 7) is 0.994. The van der Waals surface area contributed by atoms with Crippen LogP contribution in [-0.2, 0) is 6.42 Å². The molecule has 1 N–H and O–H groups in total. The van der Waals surface area contributed by atoms with Crippen LogP contribution in [0, 0.1) is 0 Å². The topological polar surface area (TPSA) is 34.1 Å². The number of hydrogen-bond donors (Lipinski definition) is 1. The van der Waals surface area contributed by atoms with Crippen molar-refractivity contribution in [3.05, 3.63) is 59.4 Å². The average Bonchev–Trinajstić information content (AvgIpc) is 2.61. The van der Waals surface area contributed by atoms with Crippen molar-refractivity contribution >= 4 is 0 Å². The van der Waals surface area contributed by atoms with Crippen LogP contribution in [0.5, 0.6) is 5.75 Å². The summed E-state index contributed by atoms with van der Waals surface area (Å²) >= 11 is 0. The Balaban J connectivity index is 1.82. The van der Waals surface area contributed by atoms with Crippen LogP contribution in [0.15, 0.2) is 42.7 Å². The second-order valence-electron chi connectivity index (χ2n) is 6.43. The molecule has 23 heavy (non-hydrogen) atoms. The van der Waals surface area contributed by atoms with Crippen LogP contribution in [0.2, 0.25) is 0 Å². The van der Waals surface area contributed by atoms with Crippen molar-refractivity contribution in [2.24, 2.45) is 0 Å². The number of benzene rings is 1. The zero-order valence-corrected chi connectivity index (χ0v) is 14.1. The fraction of sp³-hybridized carbons (Fsp3) is 0.450. The third kappa shape index (κ3) is 3.73. The lowest BCUT2D eigenvalue weighted by atomic mass is 9.77. The van der Waals surface area contributed by atoms with Crippen LogP contribution in [0.3, 0.4) is 0 Å². The summed E-state index contributed by atoms with van der Waals surface area (Å²) in [4.78, 5) is 4.30. The van der Waals surface area contributed by atoms with Crippen LogP contribution >= 0.6 is 0 Å². The number of aromatic nitrogens is 1. The van der Waals surface area contributed by atoms with E-state index >= 15 is 0 Å². The third-order valence-corrected chi connectivity index (χ3v) is 4.96. The van der Waals surface area contributed by atoms with Crippen molar-refractivity contribution in [2.75, 3.05) is 20.7 Å². The van der Waals surface area contributed by atoms with Gasteiger partial charge in [-0.15, -0.1) is 0 Å². The third-order valence-electron chi connectivity index (χ3n) is 4.96. The summed E-state index contributed by atoms with van der Waals surface area (Å²) in [5.41, 5.74) is 4.32. The summed E-state index contributed by atoms with van der Waals surface area (Å²) in [7, 11) is 3.77. The predicted molar refractivity (Wildman–Crippen MR) is 94.2 cm³/mol. The molecule has 0 fully saturated rings. The second-order valence-corrected chi connectivity index (χ2v) is 6.43. The van der Waals surface area contributed by atoms with Crippen molar-refractivity contribution in [1.29, 1.82) is 0 Å². The number of aryl methyl sites for hydroxylation is 1. The number of methoxy groups -OCH3 is 1. The molecule has 0 bridgehead atoms. The van der Waals surface area contributed by atoms with Crippen LogP contribution in [-0.4, -0.2) is 25.7 Å². The lowest BCUT2D eigenvalue weighted by Crippen LogP contribution is -2.21. The first kappa shape index (κ1) is 16.0. The molecule has 1 aromatic heterocycles. The van der Waals surface area contributed by atoms with E-state index in [-0.39, 0.29) is 0 Å². The van der Waals surface area contributed by atoms with E-state index in [1.807, 2.05) is 25.5 Å². The lowest BCUT2D eigenvalue weighted by molar-refractivity contribution is 0.411. The van der Waals surface area contributed by atoms with Gasteiger partial charge in [-0.05, 0) is 79.5 Å². The van der Waals surface area contributed by atoms with E-state index in [0.717, 1.165) is 12.3 Å². The van der Waals surface area contributed by atoms with Gasteiger partial charge in [0.25, 0.3) is 0 Å². The summed E-state index contributed by atoms with van der Waals surface area (Å²) in [5.74, 6) is 2.11. The molecule has 122 valence electrons. The van der Waals surface area contributed by atoms with Gasteiger partial charge in [0.2, 0.25) is 0 Å². The molecule has 0 radical (unpaired) electrons. The fourth-order valence-electron chi connectivity index (χ4n) is 3.81. The maximum Gasteiger partial charge on any atom is 0.119 e. The smallest absolute Gasteiger partial charge is 0.119 e. The molecule has 2 atom stereocenters. The SMILES string of the molecule is CNCC(CC1CCCc2cc(OC)ccc21)c1cccnc1. The molecule has 1 aromatic carbocycles. The predicted octanol–water partition coefficient (Wildman–Crippen LogP) is 3.90. The van der Waals surface area contributed by atoms with Gasteiger partial charge < -0.3 is 10.1 Å². The molecule has 0 aliphatic heterocycles. The highest BCUT2D eigenvalue weighted by Gasteiger charge is 2.24. The van der Waals surface area contributed by atoms with E-state index in [9.17, 15) is 0 Å².